The van der Waals surface area contributed by atoms with E-state index in [4.69, 9.17) is 0 Å². The molecule has 2 unspecified atom stereocenters. The molecule has 4 nitrogen and oxygen atoms in total. The Morgan fingerprint density at radius 1 is 1.24 bits per heavy atom. The quantitative estimate of drug-likeness (QED) is 0.805. The zero-order chi connectivity index (χ0) is 15.6. The van der Waals surface area contributed by atoms with Gasteiger partial charge in [0.2, 0.25) is 0 Å². The number of piperidine rings is 1. The fourth-order valence-electron chi connectivity index (χ4n) is 3.63. The van der Waals surface area contributed by atoms with Gasteiger partial charge < -0.3 is 4.90 Å². The summed E-state index contributed by atoms with van der Waals surface area (Å²) in [6.07, 6.45) is 1.22. The first kappa shape index (κ1) is 14.6. The lowest BCUT2D eigenvalue weighted by atomic mass is 10.1. The van der Waals surface area contributed by atoms with Crippen LogP contribution in [0.1, 0.15) is 31.1 Å². The summed E-state index contributed by atoms with van der Waals surface area (Å²) in [4.78, 5) is 14.0. The van der Waals surface area contributed by atoms with Crippen LogP contribution in [0, 0.1) is 17.3 Å². The Balaban J connectivity index is 2.00. The maximum atomic E-state index is 12.0. The Bertz CT molecular complexity index is 707. The number of Topliss-reactive ketones (excluding diaryl/α,β-unsaturated/α-hetero) is 1. The molecule has 1 saturated heterocycles. The smallest absolute Gasteiger partial charge is 0.177 e. The fourth-order valence-corrected chi connectivity index (χ4v) is 4.51. The third-order valence-electron chi connectivity index (χ3n) is 5.23. The summed E-state index contributed by atoms with van der Waals surface area (Å²) in [5.74, 6) is 1.22. The van der Waals surface area contributed by atoms with Gasteiger partial charge in [-0.15, -0.1) is 0 Å². The first-order valence-corrected chi connectivity index (χ1v) is 9.11. The molecule has 1 heterocycles. The molecule has 0 radical (unpaired) electrons. The van der Waals surface area contributed by atoms with E-state index in [9.17, 15) is 13.2 Å². The highest BCUT2D eigenvalue weighted by atomic mass is 32.2. The molecule has 1 aliphatic heterocycles. The fraction of sp³-hybridized carbons (Fsp3) is 0.562. The van der Waals surface area contributed by atoms with Crippen molar-refractivity contribution in [1.29, 1.82) is 0 Å². The molecule has 5 heteroatoms. The van der Waals surface area contributed by atoms with Crippen LogP contribution >= 0.6 is 0 Å². The molecular formula is C16H21NO3S. The lowest BCUT2D eigenvalue weighted by Gasteiger charge is -2.26. The van der Waals surface area contributed by atoms with Crippen molar-refractivity contribution in [2.24, 2.45) is 17.3 Å². The molecule has 2 fully saturated rings. The van der Waals surface area contributed by atoms with E-state index in [0.717, 1.165) is 13.1 Å². The standard InChI is InChI=1S/C16H21NO3S/c1-10(18)11-5-6-15(21(4,19)20)14(7-11)17-8-12-13(9-17)16(12,2)3/h5-7,12-13H,8-9H2,1-4H3. The van der Waals surface area contributed by atoms with Gasteiger partial charge in [0.1, 0.15) is 0 Å². The molecule has 1 aromatic carbocycles. The summed E-state index contributed by atoms with van der Waals surface area (Å²) < 4.78 is 24.0. The summed E-state index contributed by atoms with van der Waals surface area (Å²) in [6.45, 7) is 7.79. The van der Waals surface area contributed by atoms with Gasteiger partial charge in [-0.2, -0.15) is 0 Å². The number of anilines is 1. The molecule has 1 aromatic rings. The maximum absolute atomic E-state index is 12.0. The summed E-state index contributed by atoms with van der Waals surface area (Å²) in [7, 11) is -3.30. The van der Waals surface area contributed by atoms with Gasteiger partial charge >= 0.3 is 0 Å². The molecule has 3 rings (SSSR count). The van der Waals surface area contributed by atoms with Gasteiger partial charge in [-0.3, -0.25) is 4.79 Å². The second-order valence-corrected chi connectivity index (χ2v) is 8.93. The summed E-state index contributed by atoms with van der Waals surface area (Å²) >= 11 is 0. The van der Waals surface area contributed by atoms with Gasteiger partial charge in [-0.1, -0.05) is 13.8 Å². The molecule has 21 heavy (non-hydrogen) atoms. The zero-order valence-corrected chi connectivity index (χ0v) is 13.7. The van der Waals surface area contributed by atoms with E-state index < -0.39 is 9.84 Å². The van der Waals surface area contributed by atoms with Gasteiger partial charge in [0.05, 0.1) is 10.6 Å². The average molecular weight is 307 g/mol. The molecule has 1 aliphatic carbocycles. The third-order valence-corrected chi connectivity index (χ3v) is 6.37. The Morgan fingerprint density at radius 3 is 2.29 bits per heavy atom. The Hall–Kier alpha value is -1.36. The van der Waals surface area contributed by atoms with Crippen LogP contribution in [0.4, 0.5) is 5.69 Å². The van der Waals surface area contributed by atoms with E-state index in [0.29, 0.717) is 33.4 Å². The molecule has 0 bridgehead atoms. The van der Waals surface area contributed by atoms with E-state index in [2.05, 4.69) is 18.7 Å². The van der Waals surface area contributed by atoms with Crippen LogP contribution in [-0.4, -0.2) is 33.5 Å². The summed E-state index contributed by atoms with van der Waals surface area (Å²) in [5.41, 5.74) is 1.63. The normalized spacial score (nSPS) is 26.6. The van der Waals surface area contributed by atoms with Crippen LogP contribution in [0.5, 0.6) is 0 Å². The van der Waals surface area contributed by atoms with Gasteiger partial charge in [0.25, 0.3) is 0 Å². The van der Waals surface area contributed by atoms with Crippen molar-refractivity contribution in [3.63, 3.8) is 0 Å². The molecule has 0 N–H and O–H groups in total. The number of benzene rings is 1. The van der Waals surface area contributed by atoms with Crippen LogP contribution in [-0.2, 0) is 9.84 Å². The van der Waals surface area contributed by atoms with E-state index in [-0.39, 0.29) is 5.78 Å². The summed E-state index contributed by atoms with van der Waals surface area (Å²) in [6, 6.07) is 4.90. The van der Waals surface area contributed by atoms with Crippen molar-refractivity contribution in [2.75, 3.05) is 24.2 Å². The molecule has 2 atom stereocenters. The summed E-state index contributed by atoms with van der Waals surface area (Å²) in [5, 5.41) is 0. The van der Waals surface area contributed by atoms with Crippen molar-refractivity contribution in [2.45, 2.75) is 25.7 Å². The monoisotopic (exact) mass is 307 g/mol. The molecule has 114 valence electrons. The number of rotatable bonds is 3. The number of carbonyl (C=O) groups excluding carboxylic acids is 1. The lowest BCUT2D eigenvalue weighted by molar-refractivity contribution is 0.101. The largest absolute Gasteiger partial charge is 0.370 e. The van der Waals surface area contributed by atoms with E-state index in [1.165, 1.54) is 13.2 Å². The van der Waals surface area contributed by atoms with Crippen molar-refractivity contribution in [3.8, 4) is 0 Å². The van der Waals surface area contributed by atoms with Gasteiger partial charge in [0.15, 0.2) is 15.6 Å². The van der Waals surface area contributed by atoms with Gasteiger partial charge in [-0.05, 0) is 42.4 Å². The first-order valence-electron chi connectivity index (χ1n) is 7.22. The molecule has 1 saturated carbocycles. The molecular weight excluding hydrogens is 286 g/mol. The SMILES string of the molecule is CC(=O)c1ccc(S(C)(=O)=O)c(N2CC3C(C2)C3(C)C)c1. The minimum absolute atomic E-state index is 0.0408. The average Bonchev–Trinajstić information content (AvgIpc) is 2.78. The lowest BCUT2D eigenvalue weighted by Crippen LogP contribution is -2.27. The van der Waals surface area contributed by atoms with Crippen molar-refractivity contribution in [3.05, 3.63) is 23.8 Å². The number of fused-ring (bicyclic) bond motifs is 1. The topological polar surface area (TPSA) is 54.5 Å². The Kier molecular flexibility index (Phi) is 3.00. The van der Waals surface area contributed by atoms with Crippen LogP contribution < -0.4 is 4.90 Å². The number of carbonyl (C=O) groups is 1. The van der Waals surface area contributed by atoms with Crippen molar-refractivity contribution < 1.29 is 13.2 Å². The number of ketones is 1. The van der Waals surface area contributed by atoms with Gasteiger partial charge in [-0.25, -0.2) is 8.42 Å². The highest BCUT2D eigenvalue weighted by molar-refractivity contribution is 7.90. The first-order chi connectivity index (χ1) is 9.62. The van der Waals surface area contributed by atoms with Crippen molar-refractivity contribution in [1.82, 2.24) is 0 Å². The maximum Gasteiger partial charge on any atom is 0.177 e. The minimum atomic E-state index is -3.30. The minimum Gasteiger partial charge on any atom is -0.370 e. The van der Waals surface area contributed by atoms with E-state index >= 15 is 0 Å². The Labute approximate surface area is 126 Å². The van der Waals surface area contributed by atoms with E-state index in [1.54, 1.807) is 18.2 Å². The van der Waals surface area contributed by atoms with Crippen LogP contribution in [0.2, 0.25) is 0 Å². The number of hydrogen-bond donors (Lipinski definition) is 0. The van der Waals surface area contributed by atoms with Gasteiger partial charge in [0, 0.05) is 24.9 Å². The number of nitrogens with zero attached hydrogens (tertiary/aromatic N) is 1. The predicted octanol–water partition coefficient (Wildman–Crippen LogP) is 2.38. The molecule has 0 amide bonds. The van der Waals surface area contributed by atoms with Crippen molar-refractivity contribution >= 4 is 21.3 Å². The van der Waals surface area contributed by atoms with E-state index in [1.807, 2.05) is 0 Å². The predicted molar refractivity (Wildman–Crippen MR) is 82.5 cm³/mol. The zero-order valence-electron chi connectivity index (χ0n) is 12.9. The molecule has 0 spiro atoms. The highest BCUT2D eigenvalue weighted by Crippen LogP contribution is 2.62. The van der Waals surface area contributed by atoms with Crippen LogP contribution in [0.15, 0.2) is 23.1 Å². The second-order valence-electron chi connectivity index (χ2n) is 6.95. The van der Waals surface area contributed by atoms with Crippen LogP contribution in [0.3, 0.4) is 0 Å². The molecule has 0 aromatic heterocycles. The number of sulfone groups is 1. The highest BCUT2D eigenvalue weighted by Gasteiger charge is 2.62. The molecule has 2 aliphatic rings. The third kappa shape index (κ3) is 2.27. The number of hydrogen-bond acceptors (Lipinski definition) is 4. The Morgan fingerprint density at radius 2 is 1.81 bits per heavy atom. The van der Waals surface area contributed by atoms with Crippen LogP contribution in [0.25, 0.3) is 0 Å². The second kappa shape index (κ2) is 4.32.